The molecule has 0 radical (unpaired) electrons. The normalized spacial score (nSPS) is 11.0. The van der Waals surface area contributed by atoms with Gasteiger partial charge in [0, 0.05) is 29.1 Å². The van der Waals surface area contributed by atoms with E-state index in [1.54, 1.807) is 6.92 Å². The molecule has 0 atom stereocenters. The SMILES string of the molecule is CCOc1cc(=O)[nH]cc1-c1ccc(CC(=O)Nc2ccc(C#N)c(C(F)(F)F)c2)cc1F. The van der Waals surface area contributed by atoms with Gasteiger partial charge in [-0.25, -0.2) is 4.39 Å². The van der Waals surface area contributed by atoms with Crippen LogP contribution in [0.25, 0.3) is 11.1 Å². The fourth-order valence-corrected chi connectivity index (χ4v) is 3.17. The Balaban J connectivity index is 1.79. The first-order chi connectivity index (χ1) is 15.6. The van der Waals surface area contributed by atoms with Crippen molar-refractivity contribution in [1.82, 2.24) is 4.98 Å². The van der Waals surface area contributed by atoms with Crippen LogP contribution in [0.1, 0.15) is 23.6 Å². The highest BCUT2D eigenvalue weighted by molar-refractivity contribution is 5.92. The van der Waals surface area contributed by atoms with E-state index in [0.29, 0.717) is 11.6 Å². The summed E-state index contributed by atoms with van der Waals surface area (Å²) in [6.07, 6.45) is -3.74. The summed E-state index contributed by atoms with van der Waals surface area (Å²) in [6, 6.07) is 9.50. The highest BCUT2D eigenvalue weighted by atomic mass is 19.4. The first-order valence-electron chi connectivity index (χ1n) is 9.68. The van der Waals surface area contributed by atoms with Crippen LogP contribution in [0.2, 0.25) is 0 Å². The van der Waals surface area contributed by atoms with E-state index in [4.69, 9.17) is 10.00 Å². The van der Waals surface area contributed by atoms with E-state index in [1.807, 2.05) is 0 Å². The number of nitrogens with zero attached hydrogens (tertiary/aromatic N) is 1. The second-order valence-electron chi connectivity index (χ2n) is 6.92. The van der Waals surface area contributed by atoms with E-state index in [1.165, 1.54) is 36.5 Å². The van der Waals surface area contributed by atoms with Crippen molar-refractivity contribution in [2.24, 2.45) is 0 Å². The van der Waals surface area contributed by atoms with Crippen molar-refractivity contribution < 1.29 is 27.1 Å². The standard InChI is InChI=1S/C23H17F4N3O3/c1-2-33-20-10-21(31)29-12-17(20)16-6-3-13(7-19(16)24)8-22(32)30-15-5-4-14(11-28)18(9-15)23(25,26)27/h3-7,9-10,12H,2,8H2,1H3,(H,29,31)(H,30,32). The van der Waals surface area contributed by atoms with E-state index < -0.39 is 34.6 Å². The maximum absolute atomic E-state index is 14.8. The molecule has 3 rings (SSSR count). The van der Waals surface area contributed by atoms with Crippen LogP contribution < -0.4 is 15.6 Å². The summed E-state index contributed by atoms with van der Waals surface area (Å²) in [5.74, 6) is -1.14. The molecule has 0 unspecified atom stereocenters. The number of carbonyl (C=O) groups is 1. The Hall–Kier alpha value is -4.13. The van der Waals surface area contributed by atoms with Crippen molar-refractivity contribution >= 4 is 11.6 Å². The summed E-state index contributed by atoms with van der Waals surface area (Å²) in [7, 11) is 0. The van der Waals surface area contributed by atoms with Crippen LogP contribution in [0.5, 0.6) is 5.75 Å². The fourth-order valence-electron chi connectivity index (χ4n) is 3.17. The Labute approximate surface area is 185 Å². The number of ether oxygens (including phenoxy) is 1. The quantitative estimate of drug-likeness (QED) is 0.525. The van der Waals surface area contributed by atoms with Gasteiger partial charge in [0.05, 0.1) is 30.2 Å². The molecule has 0 aliphatic rings. The number of aromatic nitrogens is 1. The molecule has 10 heteroatoms. The van der Waals surface area contributed by atoms with Crippen LogP contribution in [0.4, 0.5) is 23.2 Å². The van der Waals surface area contributed by atoms with Gasteiger partial charge in [0.2, 0.25) is 5.91 Å². The molecule has 0 saturated carbocycles. The highest BCUT2D eigenvalue weighted by Gasteiger charge is 2.34. The minimum Gasteiger partial charge on any atom is -0.493 e. The number of carbonyl (C=O) groups excluding carboxylic acids is 1. The van der Waals surface area contributed by atoms with Gasteiger partial charge in [0.15, 0.2) is 0 Å². The summed E-state index contributed by atoms with van der Waals surface area (Å²) in [5, 5.41) is 11.2. The number of nitriles is 1. The lowest BCUT2D eigenvalue weighted by Crippen LogP contribution is -2.16. The third-order valence-electron chi connectivity index (χ3n) is 4.60. The Morgan fingerprint density at radius 2 is 1.91 bits per heavy atom. The van der Waals surface area contributed by atoms with Crippen molar-refractivity contribution in [2.45, 2.75) is 19.5 Å². The van der Waals surface area contributed by atoms with Gasteiger partial charge in [-0.15, -0.1) is 0 Å². The first kappa shape index (κ1) is 23.5. The summed E-state index contributed by atoms with van der Waals surface area (Å²) in [5.41, 5.74) is -1.54. The number of hydrogen-bond acceptors (Lipinski definition) is 4. The third-order valence-corrected chi connectivity index (χ3v) is 4.60. The number of aromatic amines is 1. The van der Waals surface area contributed by atoms with Gasteiger partial charge in [0.1, 0.15) is 11.6 Å². The van der Waals surface area contributed by atoms with Crippen LogP contribution in [0.3, 0.4) is 0 Å². The van der Waals surface area contributed by atoms with Crippen molar-refractivity contribution in [2.75, 3.05) is 11.9 Å². The monoisotopic (exact) mass is 459 g/mol. The van der Waals surface area contributed by atoms with Crippen molar-refractivity contribution in [1.29, 1.82) is 5.26 Å². The lowest BCUT2D eigenvalue weighted by atomic mass is 10.0. The van der Waals surface area contributed by atoms with Crippen molar-refractivity contribution in [3.05, 3.63) is 81.5 Å². The van der Waals surface area contributed by atoms with Gasteiger partial charge >= 0.3 is 6.18 Å². The van der Waals surface area contributed by atoms with Crippen LogP contribution in [-0.2, 0) is 17.4 Å². The summed E-state index contributed by atoms with van der Waals surface area (Å²) < 4.78 is 59.4. The van der Waals surface area contributed by atoms with Crippen LogP contribution in [0.15, 0.2) is 53.5 Å². The summed E-state index contributed by atoms with van der Waals surface area (Å²) in [6.45, 7) is 1.98. The minimum absolute atomic E-state index is 0.140. The van der Waals surface area contributed by atoms with E-state index >= 15 is 0 Å². The van der Waals surface area contributed by atoms with E-state index in [9.17, 15) is 27.2 Å². The number of hydrogen-bond donors (Lipinski definition) is 2. The van der Waals surface area contributed by atoms with E-state index in [0.717, 1.165) is 12.1 Å². The number of rotatable bonds is 6. The molecule has 2 aromatic carbocycles. The number of H-pyrrole nitrogens is 1. The van der Waals surface area contributed by atoms with Gasteiger partial charge in [-0.05, 0) is 36.8 Å². The second-order valence-corrected chi connectivity index (χ2v) is 6.92. The molecule has 0 aliphatic carbocycles. The van der Waals surface area contributed by atoms with Crippen molar-refractivity contribution in [3.63, 3.8) is 0 Å². The second kappa shape index (κ2) is 9.56. The molecule has 1 aromatic heterocycles. The van der Waals surface area contributed by atoms with Gasteiger partial charge in [-0.2, -0.15) is 18.4 Å². The van der Waals surface area contributed by atoms with Gasteiger partial charge in [-0.1, -0.05) is 12.1 Å². The predicted octanol–water partition coefficient (Wildman–Crippen LogP) is 4.65. The molecular formula is C23H17F4N3O3. The molecule has 6 nitrogen and oxygen atoms in total. The number of nitrogens with one attached hydrogen (secondary N) is 2. The maximum atomic E-state index is 14.8. The Morgan fingerprint density at radius 3 is 2.55 bits per heavy atom. The van der Waals surface area contributed by atoms with Gasteiger partial charge in [0.25, 0.3) is 5.56 Å². The Kier molecular flexibility index (Phi) is 6.82. The Bertz CT molecular complexity index is 1290. The molecule has 0 aliphatic heterocycles. The van der Waals surface area contributed by atoms with Crippen LogP contribution >= 0.6 is 0 Å². The number of amides is 1. The highest BCUT2D eigenvalue weighted by Crippen LogP contribution is 2.34. The summed E-state index contributed by atoms with van der Waals surface area (Å²) >= 11 is 0. The average Bonchev–Trinajstić information content (AvgIpc) is 2.74. The number of pyridine rings is 1. The molecule has 3 aromatic rings. The zero-order valence-electron chi connectivity index (χ0n) is 17.2. The maximum Gasteiger partial charge on any atom is 0.417 e. The molecule has 2 N–H and O–H groups in total. The molecular weight excluding hydrogens is 442 g/mol. The molecule has 1 amide bonds. The predicted molar refractivity (Wildman–Crippen MR) is 112 cm³/mol. The number of halogens is 4. The number of anilines is 1. The molecule has 0 spiro atoms. The number of benzene rings is 2. The summed E-state index contributed by atoms with van der Waals surface area (Å²) in [4.78, 5) is 26.3. The zero-order valence-corrected chi connectivity index (χ0v) is 17.2. The Morgan fingerprint density at radius 1 is 1.15 bits per heavy atom. The minimum atomic E-state index is -4.76. The van der Waals surface area contributed by atoms with Crippen molar-refractivity contribution in [3.8, 4) is 22.9 Å². The average molecular weight is 459 g/mol. The van der Waals surface area contributed by atoms with Gasteiger partial charge < -0.3 is 15.0 Å². The number of alkyl halides is 3. The molecule has 1 heterocycles. The van der Waals surface area contributed by atoms with E-state index in [2.05, 4.69) is 10.3 Å². The van der Waals surface area contributed by atoms with Gasteiger partial charge in [-0.3, -0.25) is 9.59 Å². The van der Waals surface area contributed by atoms with Crippen LogP contribution in [-0.4, -0.2) is 17.5 Å². The fraction of sp³-hybridized carbons (Fsp3) is 0.174. The largest absolute Gasteiger partial charge is 0.493 e. The smallest absolute Gasteiger partial charge is 0.417 e. The zero-order chi connectivity index (χ0) is 24.2. The third kappa shape index (κ3) is 5.57. The van der Waals surface area contributed by atoms with E-state index in [-0.39, 0.29) is 35.6 Å². The molecule has 0 fully saturated rings. The first-order valence-corrected chi connectivity index (χ1v) is 9.68. The van der Waals surface area contributed by atoms with Crippen LogP contribution in [0, 0.1) is 17.1 Å². The molecule has 0 saturated heterocycles. The molecule has 170 valence electrons. The topological polar surface area (TPSA) is 95.0 Å². The lowest BCUT2D eigenvalue weighted by Gasteiger charge is -2.13. The lowest BCUT2D eigenvalue weighted by molar-refractivity contribution is -0.137. The molecule has 0 bridgehead atoms. The molecule has 33 heavy (non-hydrogen) atoms.